The van der Waals surface area contributed by atoms with Crippen LogP contribution < -0.4 is 10.2 Å². The second kappa shape index (κ2) is 12.5. The van der Waals surface area contributed by atoms with E-state index in [-0.39, 0.29) is 29.4 Å². The summed E-state index contributed by atoms with van der Waals surface area (Å²) in [4.78, 5) is 31.7. The van der Waals surface area contributed by atoms with E-state index in [1.54, 1.807) is 42.7 Å². The van der Waals surface area contributed by atoms with Gasteiger partial charge in [-0.25, -0.2) is 4.68 Å². The van der Waals surface area contributed by atoms with Gasteiger partial charge in [0.25, 0.3) is 5.91 Å². The van der Waals surface area contributed by atoms with Crippen molar-refractivity contribution in [3.8, 4) is 5.75 Å². The van der Waals surface area contributed by atoms with Crippen LogP contribution >= 0.6 is 11.8 Å². The van der Waals surface area contributed by atoms with Gasteiger partial charge in [0.15, 0.2) is 5.76 Å². The number of thioether (sulfide) groups is 1. The number of carbonyl (C=O) groups excluding carboxylic acids is 1. The molecule has 0 aliphatic heterocycles. The zero-order valence-corrected chi connectivity index (χ0v) is 24.6. The Morgan fingerprint density at radius 2 is 1.93 bits per heavy atom. The van der Waals surface area contributed by atoms with E-state index in [2.05, 4.69) is 10.1 Å². The molecule has 0 fully saturated rings. The van der Waals surface area contributed by atoms with E-state index < -0.39 is 11.7 Å². The van der Waals surface area contributed by atoms with Gasteiger partial charge in [0.2, 0.25) is 16.9 Å². The molecule has 5 rings (SSSR count). The zero-order chi connectivity index (χ0) is 30.7. The molecule has 226 valence electrons. The molecule has 0 spiro atoms. The summed E-state index contributed by atoms with van der Waals surface area (Å²) in [5, 5.41) is 5.71. The summed E-state index contributed by atoms with van der Waals surface area (Å²) in [5.74, 6) is 0.979. The average molecular weight is 615 g/mol. The molecule has 9 nitrogen and oxygen atoms in total. The van der Waals surface area contributed by atoms with Crippen LogP contribution in [0.1, 0.15) is 46.8 Å². The number of fused-ring (bicyclic) bond motifs is 2. The van der Waals surface area contributed by atoms with E-state index in [0.717, 1.165) is 46.7 Å². The first-order chi connectivity index (χ1) is 20.5. The maximum atomic E-state index is 13.0. The van der Waals surface area contributed by atoms with Gasteiger partial charge >= 0.3 is 6.18 Å². The van der Waals surface area contributed by atoms with Gasteiger partial charge < -0.3 is 18.5 Å². The second-order valence-electron chi connectivity index (χ2n) is 10.1. The van der Waals surface area contributed by atoms with Crippen LogP contribution in [-0.2, 0) is 19.8 Å². The number of hydrogen-bond donors (Lipinski definition) is 0. The van der Waals surface area contributed by atoms with Crippen molar-refractivity contribution in [3.05, 3.63) is 81.9 Å². The molecular weight excluding hydrogens is 585 g/mol. The van der Waals surface area contributed by atoms with Gasteiger partial charge in [-0.15, -0.1) is 11.8 Å². The van der Waals surface area contributed by atoms with Crippen LogP contribution in [0.25, 0.3) is 22.0 Å². The number of halogens is 3. The van der Waals surface area contributed by atoms with Crippen molar-refractivity contribution in [1.82, 2.24) is 19.7 Å². The lowest BCUT2D eigenvalue weighted by atomic mass is 10.1. The van der Waals surface area contributed by atoms with E-state index in [9.17, 15) is 22.8 Å². The van der Waals surface area contributed by atoms with E-state index in [1.807, 2.05) is 6.92 Å². The molecule has 0 aliphatic carbocycles. The van der Waals surface area contributed by atoms with Gasteiger partial charge in [-0.1, -0.05) is 6.07 Å². The Kier molecular flexibility index (Phi) is 8.81. The quantitative estimate of drug-likeness (QED) is 0.121. The molecule has 1 amide bonds. The summed E-state index contributed by atoms with van der Waals surface area (Å²) in [6, 6.07) is 8.37. The highest BCUT2D eigenvalue weighted by Gasteiger charge is 2.30. The minimum absolute atomic E-state index is 0.0660. The van der Waals surface area contributed by atoms with E-state index in [1.165, 1.54) is 29.5 Å². The Balaban J connectivity index is 1.05. The van der Waals surface area contributed by atoms with Crippen LogP contribution in [0.5, 0.6) is 5.75 Å². The minimum atomic E-state index is -4.41. The molecule has 0 aliphatic rings. The van der Waals surface area contributed by atoms with Crippen molar-refractivity contribution in [1.29, 1.82) is 0 Å². The van der Waals surface area contributed by atoms with Crippen molar-refractivity contribution in [2.75, 3.05) is 19.4 Å². The normalized spacial score (nSPS) is 11.9. The molecule has 0 saturated heterocycles. The van der Waals surface area contributed by atoms with Crippen molar-refractivity contribution in [3.63, 3.8) is 0 Å². The number of alkyl halides is 3. The fraction of sp³-hybridized carbons (Fsp3) is 0.333. The lowest BCUT2D eigenvalue weighted by molar-refractivity contribution is -0.137. The molecule has 4 aromatic heterocycles. The number of pyridine rings is 1. The van der Waals surface area contributed by atoms with Crippen LogP contribution in [0.15, 0.2) is 67.4 Å². The number of benzene rings is 1. The predicted molar refractivity (Wildman–Crippen MR) is 155 cm³/mol. The van der Waals surface area contributed by atoms with Gasteiger partial charge in [0.05, 0.1) is 35.3 Å². The Hall–Kier alpha value is -4.26. The first-order valence-electron chi connectivity index (χ1n) is 13.5. The van der Waals surface area contributed by atoms with Crippen LogP contribution in [0.2, 0.25) is 0 Å². The largest absolute Gasteiger partial charge is 0.487 e. The highest BCUT2D eigenvalue weighted by atomic mass is 32.2. The monoisotopic (exact) mass is 614 g/mol. The summed E-state index contributed by atoms with van der Waals surface area (Å²) in [6.07, 6.45) is 0.759. The smallest absolute Gasteiger partial charge is 0.416 e. The number of ether oxygens (including phenoxy) is 1. The molecule has 0 bridgehead atoms. The molecule has 1 aromatic carbocycles. The van der Waals surface area contributed by atoms with Gasteiger partial charge in [-0.2, -0.15) is 18.3 Å². The molecule has 0 atom stereocenters. The zero-order valence-electron chi connectivity index (χ0n) is 23.7. The molecule has 13 heteroatoms. The highest BCUT2D eigenvalue weighted by Crippen LogP contribution is 2.34. The number of hydrogen-bond acceptors (Lipinski definition) is 8. The molecular formula is C30H29F3N4O5S. The fourth-order valence-electron chi connectivity index (χ4n) is 4.60. The van der Waals surface area contributed by atoms with Crippen molar-refractivity contribution in [2.24, 2.45) is 7.05 Å². The Morgan fingerprint density at radius 3 is 2.67 bits per heavy atom. The van der Waals surface area contributed by atoms with Crippen LogP contribution in [0.4, 0.5) is 13.2 Å². The average Bonchev–Trinajstić information content (AvgIpc) is 3.52. The van der Waals surface area contributed by atoms with Gasteiger partial charge in [-0.3, -0.25) is 14.6 Å². The number of aryl methyl sites for hydroxylation is 2. The highest BCUT2D eigenvalue weighted by molar-refractivity contribution is 7.99. The third-order valence-electron chi connectivity index (χ3n) is 6.83. The molecule has 5 aromatic rings. The number of amides is 1. The lowest BCUT2D eigenvalue weighted by Gasteiger charge is -2.15. The number of nitrogens with zero attached hydrogens (tertiary/aromatic N) is 4. The van der Waals surface area contributed by atoms with Gasteiger partial charge in [-0.05, 0) is 50.1 Å². The molecule has 0 N–H and O–H groups in total. The summed E-state index contributed by atoms with van der Waals surface area (Å²) in [5.41, 5.74) is 0.523. The summed E-state index contributed by atoms with van der Waals surface area (Å²) >= 11 is 1.56. The summed E-state index contributed by atoms with van der Waals surface area (Å²) in [6.45, 7) is 2.23. The van der Waals surface area contributed by atoms with E-state index in [0.29, 0.717) is 35.4 Å². The molecule has 0 saturated carbocycles. The third kappa shape index (κ3) is 6.87. The van der Waals surface area contributed by atoms with Gasteiger partial charge in [0.1, 0.15) is 12.0 Å². The Morgan fingerprint density at radius 1 is 1.12 bits per heavy atom. The topological polar surface area (TPSA) is 104 Å². The first kappa shape index (κ1) is 30.2. The number of unbranched alkanes of at least 4 members (excludes halogenated alkanes) is 2. The second-order valence-corrected chi connectivity index (χ2v) is 11.2. The minimum Gasteiger partial charge on any atom is -0.487 e. The van der Waals surface area contributed by atoms with Crippen molar-refractivity contribution < 1.29 is 31.5 Å². The third-order valence-corrected chi connectivity index (χ3v) is 7.99. The molecule has 43 heavy (non-hydrogen) atoms. The number of carbonyl (C=O) groups is 1. The lowest BCUT2D eigenvalue weighted by Crippen LogP contribution is -2.26. The van der Waals surface area contributed by atoms with Crippen LogP contribution in [0.3, 0.4) is 0 Å². The van der Waals surface area contributed by atoms with Crippen molar-refractivity contribution >= 4 is 39.7 Å². The van der Waals surface area contributed by atoms with Crippen LogP contribution in [-0.4, -0.2) is 45.0 Å². The Bertz CT molecular complexity index is 1790. The van der Waals surface area contributed by atoms with Gasteiger partial charge in [0, 0.05) is 42.7 Å². The number of rotatable bonds is 11. The molecule has 0 unspecified atom stereocenters. The van der Waals surface area contributed by atoms with Crippen LogP contribution in [0, 0.1) is 6.92 Å². The maximum Gasteiger partial charge on any atom is 0.416 e. The molecule has 0 radical (unpaired) electrons. The van der Waals surface area contributed by atoms with E-state index in [4.69, 9.17) is 13.6 Å². The van der Waals surface area contributed by atoms with Crippen molar-refractivity contribution in [2.45, 2.75) is 43.8 Å². The predicted octanol–water partition coefficient (Wildman–Crippen LogP) is 6.61. The number of aromatic nitrogens is 3. The number of furan rings is 1. The SMILES string of the molecule is Cc1nn(C)c2oc(C(=O)N(C)Cc3cc(=O)c(OCCCCCSc4ccnc5cc(C(F)(F)F)ccc45)co3)cc12. The standard InChI is InChI=1S/C30H29F3N4O5S/c1-18-22-15-25(42-29(22)37(3)35-18)28(39)36(2)16-20-14-24(38)26(17-41-20)40-11-5-4-6-12-43-27-9-10-34-23-13-19(30(31,32)33)7-8-21(23)27/h7-10,13-15,17H,4-6,11-12,16H2,1-3H3. The Labute approximate surface area is 248 Å². The summed E-state index contributed by atoms with van der Waals surface area (Å²) < 4.78 is 57.4. The summed E-state index contributed by atoms with van der Waals surface area (Å²) in [7, 11) is 3.33. The van der Waals surface area contributed by atoms with E-state index >= 15 is 0 Å². The maximum absolute atomic E-state index is 13.0. The first-order valence-corrected chi connectivity index (χ1v) is 14.5. The molecule has 4 heterocycles. The fourth-order valence-corrected chi connectivity index (χ4v) is 5.65.